The molecule has 0 radical (unpaired) electrons. The van der Waals surface area contributed by atoms with Crippen molar-refractivity contribution in [2.45, 2.75) is 25.6 Å². The number of nitrogens with zero attached hydrogens (tertiary/aromatic N) is 2. The molecule has 1 unspecified atom stereocenters. The molecule has 1 saturated heterocycles. The van der Waals surface area contributed by atoms with Crippen LogP contribution in [0.2, 0.25) is 0 Å². The molecule has 0 saturated carbocycles. The van der Waals surface area contributed by atoms with Crippen molar-refractivity contribution in [3.8, 4) is 5.75 Å². The van der Waals surface area contributed by atoms with Crippen molar-refractivity contribution < 1.29 is 14.7 Å². The van der Waals surface area contributed by atoms with Gasteiger partial charge in [0.2, 0.25) is 5.13 Å². The van der Waals surface area contributed by atoms with Crippen molar-refractivity contribution in [1.82, 2.24) is 9.78 Å². The lowest BCUT2D eigenvalue weighted by molar-refractivity contribution is -0.931. The van der Waals surface area contributed by atoms with Gasteiger partial charge in [0.1, 0.15) is 18.4 Å². The van der Waals surface area contributed by atoms with Gasteiger partial charge in [-0.3, -0.25) is 0 Å². The summed E-state index contributed by atoms with van der Waals surface area (Å²) in [4.78, 5) is 1.31. The molecule has 6 nitrogen and oxygen atoms in total. The Morgan fingerprint density at radius 2 is 2.35 bits per heavy atom. The maximum Gasteiger partial charge on any atom is 0.209 e. The molecule has 2 aromatic rings. The summed E-state index contributed by atoms with van der Waals surface area (Å²) in [6.07, 6.45) is 1.73. The number of benzene rings is 1. The lowest BCUT2D eigenvalue weighted by Crippen LogP contribution is -3.13. The Morgan fingerprint density at radius 1 is 1.52 bits per heavy atom. The molecule has 0 aliphatic carbocycles. The maximum absolute atomic E-state index is 9.78. The van der Waals surface area contributed by atoms with E-state index in [4.69, 9.17) is 17.0 Å². The molecular formula is C15H21N4O2S2+. The van der Waals surface area contributed by atoms with Crippen LogP contribution in [0.5, 0.6) is 5.75 Å². The standard InChI is InChI=1S/C15H20N4O2S2/c1-21-13-7-3-2-6-12(13)16-14-17-19(15(22)23-14)10-18-8-4-5-11(20)9-18/h2-3,6-7,11,20H,4-5,8-10H2,1H3,(H,16,17)/p+1/t11-/m0/s1. The zero-order chi connectivity index (χ0) is 16.2. The van der Waals surface area contributed by atoms with Crippen LogP contribution in [-0.2, 0) is 6.67 Å². The minimum Gasteiger partial charge on any atom is -0.495 e. The van der Waals surface area contributed by atoms with Crippen molar-refractivity contribution >= 4 is 34.4 Å². The minimum atomic E-state index is -0.210. The van der Waals surface area contributed by atoms with Crippen molar-refractivity contribution in [2.75, 3.05) is 25.5 Å². The third-order valence-corrected chi connectivity index (χ3v) is 5.14. The number of likely N-dealkylation sites (tertiary alicyclic amines) is 1. The van der Waals surface area contributed by atoms with Crippen LogP contribution in [0.25, 0.3) is 0 Å². The largest absolute Gasteiger partial charge is 0.495 e. The number of piperidine rings is 1. The number of aromatic nitrogens is 2. The van der Waals surface area contributed by atoms with Gasteiger partial charge in [-0.2, -0.15) is 4.68 Å². The number of hydrogen-bond acceptors (Lipinski definition) is 6. The molecule has 3 N–H and O–H groups in total. The second-order valence-corrected chi connectivity index (χ2v) is 7.28. The fraction of sp³-hybridized carbons (Fsp3) is 0.467. The van der Waals surface area contributed by atoms with Gasteiger partial charge in [0.25, 0.3) is 0 Å². The third-order valence-electron chi connectivity index (χ3n) is 3.92. The van der Waals surface area contributed by atoms with Crippen LogP contribution < -0.4 is 15.0 Å². The Morgan fingerprint density at radius 3 is 3.13 bits per heavy atom. The van der Waals surface area contributed by atoms with Gasteiger partial charge in [-0.15, -0.1) is 5.10 Å². The lowest BCUT2D eigenvalue weighted by atomic mass is 10.1. The second-order valence-electron chi connectivity index (χ2n) is 5.66. The van der Waals surface area contributed by atoms with Gasteiger partial charge in [-0.1, -0.05) is 23.5 Å². The summed E-state index contributed by atoms with van der Waals surface area (Å²) in [6.45, 7) is 2.50. The van der Waals surface area contributed by atoms with Gasteiger partial charge in [-0.25, -0.2) is 0 Å². The smallest absolute Gasteiger partial charge is 0.209 e. The SMILES string of the molecule is COc1ccccc1Nc1nn(C[NH+]2CCC[C@H](O)C2)c(=S)s1. The van der Waals surface area contributed by atoms with Crippen LogP contribution in [0.1, 0.15) is 12.8 Å². The van der Waals surface area contributed by atoms with E-state index >= 15 is 0 Å². The molecule has 0 spiro atoms. The second kappa shape index (κ2) is 7.39. The highest BCUT2D eigenvalue weighted by atomic mass is 32.1. The van der Waals surface area contributed by atoms with Gasteiger partial charge in [0, 0.05) is 0 Å². The number of nitrogens with one attached hydrogen (secondary N) is 2. The molecule has 1 aromatic carbocycles. The van der Waals surface area contributed by atoms with E-state index in [1.807, 2.05) is 28.9 Å². The molecule has 0 amide bonds. The number of aliphatic hydroxyl groups is 1. The fourth-order valence-corrected chi connectivity index (χ4v) is 3.82. The van der Waals surface area contributed by atoms with Gasteiger partial charge >= 0.3 is 0 Å². The van der Waals surface area contributed by atoms with E-state index in [-0.39, 0.29) is 6.10 Å². The molecule has 1 aliphatic heterocycles. The summed E-state index contributed by atoms with van der Waals surface area (Å²) >= 11 is 6.86. The Balaban J connectivity index is 1.72. The van der Waals surface area contributed by atoms with Crippen molar-refractivity contribution in [3.05, 3.63) is 28.2 Å². The molecule has 0 bridgehead atoms. The Labute approximate surface area is 144 Å². The Bertz CT molecular complexity index is 715. The normalized spacial score (nSPS) is 21.1. The summed E-state index contributed by atoms with van der Waals surface area (Å²) in [5.41, 5.74) is 0.867. The van der Waals surface area contributed by atoms with E-state index < -0.39 is 0 Å². The van der Waals surface area contributed by atoms with E-state index in [2.05, 4.69) is 10.4 Å². The van der Waals surface area contributed by atoms with Gasteiger partial charge < -0.3 is 20.1 Å². The summed E-state index contributed by atoms with van der Waals surface area (Å²) in [5, 5.41) is 18.4. The van der Waals surface area contributed by atoms with Gasteiger partial charge in [0.05, 0.1) is 19.3 Å². The van der Waals surface area contributed by atoms with Crippen LogP contribution >= 0.6 is 23.6 Å². The van der Waals surface area contributed by atoms with Crippen LogP contribution in [0.15, 0.2) is 24.3 Å². The summed E-state index contributed by atoms with van der Waals surface area (Å²) in [5.74, 6) is 0.768. The van der Waals surface area contributed by atoms with Crippen LogP contribution in [-0.4, -0.2) is 41.2 Å². The monoisotopic (exact) mass is 353 g/mol. The predicted molar refractivity (Wildman–Crippen MR) is 93.2 cm³/mol. The molecule has 2 atom stereocenters. The molecule has 23 heavy (non-hydrogen) atoms. The van der Waals surface area contributed by atoms with Gasteiger partial charge in [0.15, 0.2) is 10.6 Å². The minimum absolute atomic E-state index is 0.210. The topological polar surface area (TPSA) is 63.8 Å². The molecule has 3 rings (SSSR count). The first kappa shape index (κ1) is 16.4. The van der Waals surface area contributed by atoms with Crippen molar-refractivity contribution in [3.63, 3.8) is 0 Å². The van der Waals surface area contributed by atoms with Crippen molar-refractivity contribution in [2.24, 2.45) is 0 Å². The molecule has 8 heteroatoms. The van der Waals surface area contributed by atoms with E-state index in [1.165, 1.54) is 16.2 Å². The summed E-state index contributed by atoms with van der Waals surface area (Å²) < 4.78 is 7.91. The molecule has 124 valence electrons. The maximum atomic E-state index is 9.78. The molecule has 1 aliphatic rings. The van der Waals surface area contributed by atoms with E-state index in [9.17, 15) is 5.11 Å². The highest BCUT2D eigenvalue weighted by Crippen LogP contribution is 2.28. The lowest BCUT2D eigenvalue weighted by Gasteiger charge is -2.26. The highest BCUT2D eigenvalue weighted by Gasteiger charge is 2.22. The summed E-state index contributed by atoms with van der Waals surface area (Å²) in [7, 11) is 1.64. The zero-order valence-corrected chi connectivity index (χ0v) is 14.6. The van der Waals surface area contributed by atoms with Gasteiger partial charge in [-0.05, 0) is 37.2 Å². The van der Waals surface area contributed by atoms with E-state index in [0.29, 0.717) is 6.67 Å². The average molecular weight is 353 g/mol. The number of para-hydroxylation sites is 2. The first-order valence-corrected chi connectivity index (χ1v) is 8.88. The first-order chi connectivity index (χ1) is 11.2. The van der Waals surface area contributed by atoms with Crippen molar-refractivity contribution in [1.29, 1.82) is 0 Å². The number of quaternary nitrogens is 1. The Hall–Kier alpha value is -1.48. The van der Waals surface area contributed by atoms with Crippen LogP contribution in [0.3, 0.4) is 0 Å². The molecular weight excluding hydrogens is 332 g/mol. The number of hydrogen-bond donors (Lipinski definition) is 3. The van der Waals surface area contributed by atoms with Crippen LogP contribution in [0.4, 0.5) is 10.8 Å². The zero-order valence-electron chi connectivity index (χ0n) is 13.0. The first-order valence-electron chi connectivity index (χ1n) is 7.65. The number of ether oxygens (including phenoxy) is 1. The number of rotatable bonds is 5. The number of methoxy groups -OCH3 is 1. The van der Waals surface area contributed by atoms with E-state index in [1.54, 1.807) is 7.11 Å². The average Bonchev–Trinajstić information content (AvgIpc) is 2.87. The number of aliphatic hydroxyl groups excluding tert-OH is 1. The predicted octanol–water partition coefficient (Wildman–Crippen LogP) is 1.42. The molecule has 1 fully saturated rings. The molecule has 1 aromatic heterocycles. The fourth-order valence-electron chi connectivity index (χ4n) is 2.80. The number of anilines is 2. The Kier molecular flexibility index (Phi) is 5.27. The molecule has 2 heterocycles. The highest BCUT2D eigenvalue weighted by molar-refractivity contribution is 7.73. The quantitative estimate of drug-likeness (QED) is 0.710. The van der Waals surface area contributed by atoms with Crippen LogP contribution in [0, 0.1) is 3.95 Å². The third kappa shape index (κ3) is 4.08. The summed E-state index contributed by atoms with van der Waals surface area (Å²) in [6, 6.07) is 7.72. The van der Waals surface area contributed by atoms with E-state index in [0.717, 1.165) is 46.5 Å².